The van der Waals surface area contributed by atoms with E-state index in [1.165, 1.54) is 16.1 Å². The maximum absolute atomic E-state index is 14.4. The van der Waals surface area contributed by atoms with E-state index in [4.69, 9.17) is 14.2 Å². The van der Waals surface area contributed by atoms with Crippen molar-refractivity contribution in [2.45, 2.75) is 64.8 Å². The molecule has 4 aromatic rings. The van der Waals surface area contributed by atoms with Crippen LogP contribution in [0.25, 0.3) is 15.2 Å². The molecule has 0 spiro atoms. The maximum Gasteiger partial charge on any atom is 0.333 e. The molecule has 0 bridgehead atoms. The lowest BCUT2D eigenvalue weighted by Gasteiger charge is -2.30. The first-order valence-corrected chi connectivity index (χ1v) is 14.8. The third-order valence-electron chi connectivity index (χ3n) is 7.60. The number of hydrogen-bond acceptors (Lipinski definition) is 9. The summed E-state index contributed by atoms with van der Waals surface area (Å²) in [6.07, 6.45) is 3.84. The van der Waals surface area contributed by atoms with Crippen molar-refractivity contribution in [2.24, 2.45) is 0 Å². The number of aromatic nitrogens is 5. The molecule has 224 valence electrons. The third kappa shape index (κ3) is 5.39. The first-order chi connectivity index (χ1) is 20.2. The highest BCUT2D eigenvalue weighted by Gasteiger charge is 2.36. The molecule has 1 N–H and O–H groups in total. The average molecular weight is 597 g/mol. The van der Waals surface area contributed by atoms with Gasteiger partial charge in [0.15, 0.2) is 0 Å². The first-order valence-electron chi connectivity index (χ1n) is 14.0. The maximum atomic E-state index is 14.4. The van der Waals surface area contributed by atoms with Gasteiger partial charge in [0.05, 0.1) is 37.5 Å². The molecule has 13 heteroatoms. The van der Waals surface area contributed by atoms with Gasteiger partial charge in [-0.15, -0.1) is 4.80 Å². The van der Waals surface area contributed by atoms with Crippen LogP contribution in [0.15, 0.2) is 46.2 Å². The number of thiophene rings is 1. The fourth-order valence-corrected chi connectivity index (χ4v) is 6.56. The summed E-state index contributed by atoms with van der Waals surface area (Å²) in [6.45, 7) is 8.34. The van der Waals surface area contributed by atoms with Crippen molar-refractivity contribution < 1.29 is 19.0 Å². The molecular weight excluding hydrogens is 560 g/mol. The minimum Gasteiger partial charge on any atom is -0.496 e. The fourth-order valence-electron chi connectivity index (χ4n) is 5.34. The van der Waals surface area contributed by atoms with Crippen molar-refractivity contribution in [3.8, 4) is 10.8 Å². The van der Waals surface area contributed by atoms with Crippen LogP contribution in [0.3, 0.4) is 0 Å². The van der Waals surface area contributed by atoms with Gasteiger partial charge in [0.2, 0.25) is 5.91 Å². The molecule has 1 atom stereocenters. The summed E-state index contributed by atoms with van der Waals surface area (Å²) in [7, 11) is 1.59. The molecule has 4 heterocycles. The monoisotopic (exact) mass is 596 g/mol. The zero-order chi connectivity index (χ0) is 30.0. The molecule has 1 saturated heterocycles. The van der Waals surface area contributed by atoms with Crippen LogP contribution in [-0.2, 0) is 26.4 Å². The van der Waals surface area contributed by atoms with Gasteiger partial charge in [-0.3, -0.25) is 14.2 Å². The quantitative estimate of drug-likeness (QED) is 0.296. The van der Waals surface area contributed by atoms with E-state index in [0.717, 1.165) is 10.1 Å². The number of methoxy groups -OCH3 is 1. The van der Waals surface area contributed by atoms with Crippen molar-refractivity contribution in [3.05, 3.63) is 68.6 Å². The summed E-state index contributed by atoms with van der Waals surface area (Å²) in [5.74, 6) is 0.190. The van der Waals surface area contributed by atoms with Crippen LogP contribution in [0.4, 0.5) is 0 Å². The molecule has 5 rings (SSSR count). The van der Waals surface area contributed by atoms with Gasteiger partial charge >= 0.3 is 5.69 Å². The van der Waals surface area contributed by atoms with Gasteiger partial charge in [-0.05, 0) is 46.6 Å². The van der Waals surface area contributed by atoms with E-state index in [9.17, 15) is 14.4 Å². The largest absolute Gasteiger partial charge is 0.496 e. The molecule has 12 nitrogen and oxygen atoms in total. The first kappa shape index (κ1) is 29.7. The van der Waals surface area contributed by atoms with Crippen LogP contribution in [0.1, 0.15) is 50.8 Å². The van der Waals surface area contributed by atoms with E-state index in [1.54, 1.807) is 51.8 Å². The predicted octanol–water partition coefficient (Wildman–Crippen LogP) is 2.93. The lowest BCUT2D eigenvalue weighted by atomic mass is 10.0. The lowest BCUT2D eigenvalue weighted by molar-refractivity contribution is -0.128. The average Bonchev–Trinajstić information content (AvgIpc) is 3.63. The van der Waals surface area contributed by atoms with Crippen molar-refractivity contribution >= 4 is 27.5 Å². The van der Waals surface area contributed by atoms with Crippen molar-refractivity contribution in [2.75, 3.05) is 26.9 Å². The second-order valence-corrected chi connectivity index (χ2v) is 11.6. The van der Waals surface area contributed by atoms with Crippen LogP contribution >= 0.6 is 11.3 Å². The van der Waals surface area contributed by atoms with E-state index in [-0.39, 0.29) is 12.6 Å². The summed E-state index contributed by atoms with van der Waals surface area (Å²) in [5, 5.41) is 12.2. The van der Waals surface area contributed by atoms with E-state index < -0.39 is 28.8 Å². The van der Waals surface area contributed by atoms with Gasteiger partial charge in [-0.25, -0.2) is 9.36 Å². The number of rotatable bonds is 10. The predicted molar refractivity (Wildman–Crippen MR) is 159 cm³/mol. The number of likely N-dealkylation sites (N-methyl/N-ethyl adjacent to an activating group) is 1. The van der Waals surface area contributed by atoms with Crippen LogP contribution in [0.5, 0.6) is 5.75 Å². The summed E-state index contributed by atoms with van der Waals surface area (Å²) in [6, 6.07) is 7.54. The zero-order valence-corrected chi connectivity index (χ0v) is 25.3. The molecule has 1 aliphatic heterocycles. The number of nitrogens with one attached hydrogen (secondary N) is 1. The molecule has 1 aliphatic rings. The molecule has 0 aliphatic carbocycles. The Morgan fingerprint density at radius 2 is 1.88 bits per heavy atom. The molecule has 1 amide bonds. The highest BCUT2D eigenvalue weighted by molar-refractivity contribution is 7.21. The summed E-state index contributed by atoms with van der Waals surface area (Å²) >= 11 is 1.25. The number of para-hydroxylation sites is 1. The number of carbonyl (C=O) groups excluding carboxylic acids is 1. The minimum absolute atomic E-state index is 0.0742. The van der Waals surface area contributed by atoms with E-state index in [2.05, 4.69) is 15.5 Å². The van der Waals surface area contributed by atoms with Gasteiger partial charge in [-0.2, -0.15) is 10.2 Å². The number of benzene rings is 1. The Labute approximate surface area is 246 Å². The Balaban J connectivity index is 1.75. The van der Waals surface area contributed by atoms with E-state index in [0.29, 0.717) is 59.1 Å². The van der Waals surface area contributed by atoms with E-state index in [1.807, 2.05) is 24.3 Å². The number of nitrogens with zero attached hydrogens (tertiary/aromatic N) is 5. The molecular formula is C29H36N6O6S. The normalized spacial score (nSPS) is 15.2. The highest BCUT2D eigenvalue weighted by Crippen LogP contribution is 2.35. The van der Waals surface area contributed by atoms with Crippen LogP contribution < -0.4 is 21.3 Å². The van der Waals surface area contributed by atoms with Crippen molar-refractivity contribution in [1.82, 2.24) is 29.4 Å². The van der Waals surface area contributed by atoms with Gasteiger partial charge in [0.1, 0.15) is 27.2 Å². The van der Waals surface area contributed by atoms with Gasteiger partial charge in [0, 0.05) is 30.9 Å². The van der Waals surface area contributed by atoms with Crippen LogP contribution in [-0.4, -0.2) is 63.0 Å². The molecule has 42 heavy (non-hydrogen) atoms. The minimum atomic E-state index is -1.47. The number of amides is 1. The summed E-state index contributed by atoms with van der Waals surface area (Å²) in [5.41, 5.74) is -1.24. The SMILES string of the molecule is CCNC(=O)C(C)(C)n1c(=O)c2c(C)c(-n3nccn3)sc2n(CC(OC2CCOCC2)c2ccccc2OC)c1=O. The van der Waals surface area contributed by atoms with Crippen LogP contribution in [0.2, 0.25) is 0 Å². The van der Waals surface area contributed by atoms with Crippen LogP contribution in [0, 0.1) is 6.92 Å². The Morgan fingerprint density at radius 3 is 2.55 bits per heavy atom. The number of hydrogen-bond donors (Lipinski definition) is 1. The second-order valence-electron chi connectivity index (χ2n) is 10.7. The van der Waals surface area contributed by atoms with E-state index >= 15 is 0 Å². The highest BCUT2D eigenvalue weighted by atomic mass is 32.1. The topological polar surface area (TPSA) is 132 Å². The zero-order valence-electron chi connectivity index (χ0n) is 24.5. The molecule has 0 radical (unpaired) electrons. The molecule has 0 saturated carbocycles. The van der Waals surface area contributed by atoms with Gasteiger partial charge < -0.3 is 19.5 Å². The summed E-state index contributed by atoms with van der Waals surface area (Å²) in [4.78, 5) is 43.6. The third-order valence-corrected chi connectivity index (χ3v) is 8.88. The lowest BCUT2D eigenvalue weighted by Crippen LogP contribution is -2.55. The molecule has 1 aromatic carbocycles. The summed E-state index contributed by atoms with van der Waals surface area (Å²) < 4.78 is 20.5. The number of ether oxygens (including phenoxy) is 3. The Bertz CT molecular complexity index is 1680. The molecule has 3 aromatic heterocycles. The second kappa shape index (κ2) is 12.2. The molecule has 1 unspecified atom stereocenters. The molecule has 1 fully saturated rings. The Hall–Kier alpha value is -3.81. The number of carbonyl (C=O) groups is 1. The smallest absolute Gasteiger partial charge is 0.333 e. The van der Waals surface area contributed by atoms with Gasteiger partial charge in [0.25, 0.3) is 5.56 Å². The Kier molecular flexibility index (Phi) is 8.62. The Morgan fingerprint density at radius 1 is 1.19 bits per heavy atom. The number of fused-ring (bicyclic) bond motifs is 1. The fraction of sp³-hybridized carbons (Fsp3) is 0.483. The van der Waals surface area contributed by atoms with Crippen molar-refractivity contribution in [1.29, 1.82) is 0 Å². The standard InChI is InChI=1S/C29H36N6O6S/c1-6-30-27(37)29(3,4)34-24(36)23-18(2)25(35-31-13-14-32-35)42-26(23)33(28(34)38)17-22(41-19-11-15-40-16-12-19)20-9-7-8-10-21(20)39-5/h7-10,13-14,19,22H,6,11-12,15-17H2,1-5H3,(H,30,37). The van der Waals surface area contributed by atoms with Crippen molar-refractivity contribution in [3.63, 3.8) is 0 Å². The number of aryl methyl sites for hydroxylation is 1. The van der Waals surface area contributed by atoms with Gasteiger partial charge in [-0.1, -0.05) is 29.5 Å².